The predicted molar refractivity (Wildman–Crippen MR) is 144 cm³/mol. The molecule has 214 valence electrons. The Balaban J connectivity index is 1.92. The summed E-state index contributed by atoms with van der Waals surface area (Å²) >= 11 is 0. The van der Waals surface area contributed by atoms with Gasteiger partial charge in [-0.15, -0.1) is 5.10 Å². The van der Waals surface area contributed by atoms with Gasteiger partial charge in [-0.1, -0.05) is 24.3 Å². The van der Waals surface area contributed by atoms with Crippen molar-refractivity contribution >= 4 is 34.8 Å². The lowest BCUT2D eigenvalue weighted by molar-refractivity contribution is -0.137. The lowest BCUT2D eigenvalue weighted by Gasteiger charge is -2.26. The number of ketones is 1. The zero-order chi connectivity index (χ0) is 29.7. The molecule has 0 saturated heterocycles. The molecule has 2 amide bonds. The van der Waals surface area contributed by atoms with Crippen molar-refractivity contribution in [2.75, 3.05) is 29.1 Å². The Kier molecular flexibility index (Phi) is 9.17. The molecule has 0 radical (unpaired) electrons. The molecule has 0 aliphatic carbocycles. The first-order chi connectivity index (χ1) is 18.7. The Morgan fingerprint density at radius 1 is 1.05 bits per heavy atom. The molecule has 0 aliphatic rings. The van der Waals surface area contributed by atoms with Crippen molar-refractivity contribution in [1.82, 2.24) is 15.0 Å². The molecule has 13 heteroatoms. The third kappa shape index (κ3) is 8.04. The number of ether oxygens (including phenoxy) is 1. The molecule has 1 heterocycles. The van der Waals surface area contributed by atoms with E-state index in [1.165, 1.54) is 35.0 Å². The Morgan fingerprint density at radius 2 is 1.75 bits per heavy atom. The van der Waals surface area contributed by atoms with E-state index in [9.17, 15) is 27.6 Å². The third-order valence-electron chi connectivity index (χ3n) is 5.50. The van der Waals surface area contributed by atoms with Gasteiger partial charge in [-0.3, -0.25) is 14.9 Å². The summed E-state index contributed by atoms with van der Waals surface area (Å²) in [5.41, 5.74) is -1.80. The summed E-state index contributed by atoms with van der Waals surface area (Å²) in [6.07, 6.45) is -2.74. The van der Waals surface area contributed by atoms with Crippen LogP contribution in [0.5, 0.6) is 0 Å². The van der Waals surface area contributed by atoms with Crippen LogP contribution in [0, 0.1) is 0 Å². The number of carbonyl (C=O) groups excluding carboxylic acids is 3. The van der Waals surface area contributed by atoms with E-state index in [2.05, 4.69) is 20.9 Å². The second-order valence-electron chi connectivity index (χ2n) is 10.0. The lowest BCUT2D eigenvalue weighted by Crippen LogP contribution is -2.28. The van der Waals surface area contributed by atoms with Gasteiger partial charge in [0.1, 0.15) is 5.60 Å². The van der Waals surface area contributed by atoms with Crippen molar-refractivity contribution in [2.45, 2.75) is 52.3 Å². The van der Waals surface area contributed by atoms with E-state index in [4.69, 9.17) is 4.74 Å². The SMILES string of the molecule is CCCN(C)c1cc(NC(=O)OC(C)(C)C)c(NC(=O)CC(=O)c2cccc(-n3ccnn3)c2)cc1C(F)(F)F. The maximum atomic E-state index is 14.1. The predicted octanol–water partition coefficient (Wildman–Crippen LogP) is 5.69. The minimum atomic E-state index is -4.77. The van der Waals surface area contributed by atoms with Crippen molar-refractivity contribution in [2.24, 2.45) is 0 Å². The van der Waals surface area contributed by atoms with Gasteiger partial charge in [-0.25, -0.2) is 9.48 Å². The van der Waals surface area contributed by atoms with Gasteiger partial charge in [0.25, 0.3) is 0 Å². The summed E-state index contributed by atoms with van der Waals surface area (Å²) in [5, 5.41) is 12.3. The number of amides is 2. The number of nitrogens with one attached hydrogen (secondary N) is 2. The Morgan fingerprint density at radius 3 is 2.35 bits per heavy atom. The number of aromatic nitrogens is 3. The zero-order valence-electron chi connectivity index (χ0n) is 22.8. The zero-order valence-corrected chi connectivity index (χ0v) is 22.8. The van der Waals surface area contributed by atoms with E-state index in [1.54, 1.807) is 39.1 Å². The molecule has 3 aromatic rings. The average Bonchev–Trinajstić information content (AvgIpc) is 3.38. The molecule has 2 aromatic carbocycles. The highest BCUT2D eigenvalue weighted by Crippen LogP contribution is 2.41. The van der Waals surface area contributed by atoms with Crippen LogP contribution >= 0.6 is 0 Å². The van der Waals surface area contributed by atoms with Crippen LogP contribution in [0.15, 0.2) is 48.8 Å². The minimum Gasteiger partial charge on any atom is -0.444 e. The Bertz CT molecular complexity index is 1370. The summed E-state index contributed by atoms with van der Waals surface area (Å²) in [7, 11) is 1.50. The number of halogens is 3. The van der Waals surface area contributed by atoms with Crippen LogP contribution in [-0.2, 0) is 15.7 Å². The van der Waals surface area contributed by atoms with Crippen LogP contribution in [0.1, 0.15) is 56.5 Å². The summed E-state index contributed by atoms with van der Waals surface area (Å²) in [6, 6.07) is 8.18. The molecule has 40 heavy (non-hydrogen) atoms. The molecule has 0 unspecified atom stereocenters. The van der Waals surface area contributed by atoms with Gasteiger partial charge in [0.15, 0.2) is 5.78 Å². The standard InChI is InChI=1S/C27H31F3N6O4/c1-6-11-35(5)22-15-21(33-25(39)40-26(2,3)4)20(14-19(22)27(28,29)30)32-24(38)16-23(37)17-8-7-9-18(13-17)36-12-10-31-34-36/h7-10,12-15H,6,11,16H2,1-5H3,(H,32,38)(H,33,39). The second-order valence-corrected chi connectivity index (χ2v) is 10.0. The van der Waals surface area contributed by atoms with Gasteiger partial charge >= 0.3 is 12.3 Å². The smallest absolute Gasteiger partial charge is 0.418 e. The summed E-state index contributed by atoms with van der Waals surface area (Å²) in [6.45, 7) is 7.02. The number of rotatable bonds is 9. The molecule has 0 spiro atoms. The first-order valence-electron chi connectivity index (χ1n) is 12.4. The van der Waals surface area contributed by atoms with Crippen LogP contribution in [0.2, 0.25) is 0 Å². The number of hydrogen-bond donors (Lipinski definition) is 2. The number of hydrogen-bond acceptors (Lipinski definition) is 7. The van der Waals surface area contributed by atoms with Gasteiger partial charge in [-0.05, 0) is 51.5 Å². The lowest BCUT2D eigenvalue weighted by atomic mass is 10.1. The molecule has 0 aliphatic heterocycles. The van der Waals surface area contributed by atoms with Crippen molar-refractivity contribution in [3.05, 3.63) is 59.9 Å². The molecule has 0 bridgehead atoms. The first kappa shape index (κ1) is 30.1. The largest absolute Gasteiger partial charge is 0.444 e. The normalized spacial score (nSPS) is 11.6. The summed E-state index contributed by atoms with van der Waals surface area (Å²) in [5.74, 6) is -1.44. The van der Waals surface area contributed by atoms with Gasteiger partial charge in [-0.2, -0.15) is 13.2 Å². The van der Waals surface area contributed by atoms with Crippen LogP contribution in [0.25, 0.3) is 5.69 Å². The Hall–Kier alpha value is -4.42. The van der Waals surface area contributed by atoms with E-state index < -0.39 is 41.5 Å². The second kappa shape index (κ2) is 12.2. The highest BCUT2D eigenvalue weighted by molar-refractivity contribution is 6.12. The Labute approximate surface area is 229 Å². The van der Waals surface area contributed by atoms with E-state index in [1.807, 2.05) is 6.92 Å². The van der Waals surface area contributed by atoms with Gasteiger partial charge < -0.3 is 15.0 Å². The van der Waals surface area contributed by atoms with E-state index in [-0.39, 0.29) is 22.6 Å². The topological polar surface area (TPSA) is 118 Å². The first-order valence-corrected chi connectivity index (χ1v) is 12.4. The maximum Gasteiger partial charge on any atom is 0.418 e. The fraction of sp³-hybridized carbons (Fsp3) is 0.370. The molecule has 2 N–H and O–H groups in total. The highest BCUT2D eigenvalue weighted by atomic mass is 19.4. The van der Waals surface area contributed by atoms with Crippen LogP contribution in [-0.4, -0.2) is 52.0 Å². The molecule has 0 atom stereocenters. The summed E-state index contributed by atoms with van der Waals surface area (Å²) in [4.78, 5) is 39.6. The third-order valence-corrected chi connectivity index (χ3v) is 5.50. The average molecular weight is 561 g/mol. The van der Waals surface area contributed by atoms with Gasteiger partial charge in [0.05, 0.1) is 47.1 Å². The van der Waals surface area contributed by atoms with Crippen molar-refractivity contribution in [3.8, 4) is 5.69 Å². The number of nitrogens with zero attached hydrogens (tertiary/aromatic N) is 4. The highest BCUT2D eigenvalue weighted by Gasteiger charge is 2.36. The molecular weight excluding hydrogens is 529 g/mol. The molecule has 10 nitrogen and oxygen atoms in total. The molecular formula is C27H31F3N6O4. The minimum absolute atomic E-state index is 0.116. The molecule has 0 fully saturated rings. The molecule has 1 aromatic heterocycles. The van der Waals surface area contributed by atoms with Gasteiger partial charge in [0.2, 0.25) is 5.91 Å². The van der Waals surface area contributed by atoms with Crippen molar-refractivity contribution in [3.63, 3.8) is 0 Å². The van der Waals surface area contributed by atoms with E-state index in [0.717, 1.165) is 12.1 Å². The summed E-state index contributed by atoms with van der Waals surface area (Å²) < 4.78 is 48.8. The van der Waals surface area contributed by atoms with Crippen molar-refractivity contribution in [1.29, 1.82) is 0 Å². The van der Waals surface area contributed by atoms with Crippen LogP contribution in [0.4, 0.5) is 35.0 Å². The number of alkyl halides is 3. The molecule has 3 rings (SSSR count). The van der Waals surface area contributed by atoms with E-state index >= 15 is 0 Å². The van der Waals surface area contributed by atoms with Crippen molar-refractivity contribution < 1.29 is 32.3 Å². The molecule has 0 saturated carbocycles. The van der Waals surface area contributed by atoms with Gasteiger partial charge in [0, 0.05) is 19.2 Å². The van der Waals surface area contributed by atoms with Crippen LogP contribution < -0.4 is 15.5 Å². The number of Topliss-reactive ketones (excluding diaryl/α,β-unsaturated/α-hetero) is 1. The number of carbonyl (C=O) groups is 3. The maximum absolute atomic E-state index is 14.1. The quantitative estimate of drug-likeness (QED) is 0.255. The monoisotopic (exact) mass is 560 g/mol. The van der Waals surface area contributed by atoms with E-state index in [0.29, 0.717) is 18.7 Å². The number of anilines is 3. The fourth-order valence-corrected chi connectivity index (χ4v) is 3.82. The number of benzene rings is 2. The fourth-order valence-electron chi connectivity index (χ4n) is 3.82. The van der Waals surface area contributed by atoms with Crippen LogP contribution in [0.3, 0.4) is 0 Å².